The number of carbonyl (C=O) groups excluding carboxylic acids is 1. The van der Waals surface area contributed by atoms with E-state index in [4.69, 9.17) is 0 Å². The van der Waals surface area contributed by atoms with E-state index in [0.717, 1.165) is 64.8 Å². The molecule has 0 aliphatic carbocycles. The number of aliphatic hydroxyl groups excluding tert-OH is 1. The van der Waals surface area contributed by atoms with Crippen LogP contribution in [-0.2, 0) is 11.3 Å². The molecule has 2 aliphatic rings. The fraction of sp³-hybridized carbons (Fsp3) is 0.567. The predicted molar refractivity (Wildman–Crippen MR) is 148 cm³/mol. The van der Waals surface area contributed by atoms with E-state index in [2.05, 4.69) is 72.6 Å². The fourth-order valence-corrected chi connectivity index (χ4v) is 5.04. The first-order valence-corrected chi connectivity index (χ1v) is 13.5. The smallest absolute Gasteiger partial charge is 0.209 e. The molecule has 2 atom stereocenters. The Bertz CT molecular complexity index is 864. The van der Waals surface area contributed by atoms with Gasteiger partial charge in [-0.3, -0.25) is 4.79 Å². The lowest BCUT2D eigenvalue weighted by Gasteiger charge is -2.29. The Morgan fingerprint density at radius 1 is 1.06 bits per heavy atom. The number of hydrogen-bond acceptors (Lipinski definition) is 4. The molecule has 2 N–H and O–H groups in total. The highest BCUT2D eigenvalue weighted by atomic mass is 16.3. The third kappa shape index (κ3) is 8.97. The van der Waals surface area contributed by atoms with Crippen molar-refractivity contribution in [2.75, 3.05) is 38.1 Å². The molecule has 2 aromatic rings. The summed E-state index contributed by atoms with van der Waals surface area (Å²) >= 11 is 0. The highest BCUT2D eigenvalue weighted by Crippen LogP contribution is 2.28. The molecule has 4 rings (SSSR count). The maximum Gasteiger partial charge on any atom is 0.209 e. The predicted octanol–water partition coefficient (Wildman–Crippen LogP) is 5.36. The molecular weight excluding hydrogens is 434 g/mol. The van der Waals surface area contributed by atoms with Gasteiger partial charge in [0.05, 0.1) is 6.10 Å². The van der Waals surface area contributed by atoms with Crippen LogP contribution in [0.15, 0.2) is 48.5 Å². The van der Waals surface area contributed by atoms with Crippen molar-refractivity contribution < 1.29 is 9.90 Å². The molecule has 2 aromatic carbocycles. The van der Waals surface area contributed by atoms with Gasteiger partial charge < -0.3 is 20.2 Å². The summed E-state index contributed by atoms with van der Waals surface area (Å²) in [5.41, 5.74) is 5.29. The molecule has 2 aliphatic heterocycles. The average Bonchev–Trinajstić information content (AvgIpc) is 3.26. The summed E-state index contributed by atoms with van der Waals surface area (Å²) in [4.78, 5) is 14.8. The van der Waals surface area contributed by atoms with Crippen molar-refractivity contribution in [3.8, 4) is 0 Å². The Hall–Kier alpha value is -2.37. The summed E-state index contributed by atoms with van der Waals surface area (Å²) in [6.07, 6.45) is 5.27. The normalized spacial score (nSPS) is 19.9. The van der Waals surface area contributed by atoms with E-state index in [1.807, 2.05) is 25.8 Å². The van der Waals surface area contributed by atoms with Gasteiger partial charge >= 0.3 is 0 Å². The monoisotopic (exact) mass is 481 g/mol. The molecule has 2 saturated heterocycles. The highest BCUT2D eigenvalue weighted by Gasteiger charge is 2.30. The van der Waals surface area contributed by atoms with Gasteiger partial charge in [0, 0.05) is 44.3 Å². The molecule has 35 heavy (non-hydrogen) atoms. The lowest BCUT2D eigenvalue weighted by Crippen LogP contribution is -2.31. The Labute approximate surface area is 213 Å². The van der Waals surface area contributed by atoms with E-state index in [1.54, 1.807) is 0 Å². The van der Waals surface area contributed by atoms with Crippen molar-refractivity contribution in [1.82, 2.24) is 10.2 Å². The van der Waals surface area contributed by atoms with Gasteiger partial charge in [0.2, 0.25) is 6.41 Å². The number of piperidine rings is 1. The van der Waals surface area contributed by atoms with Gasteiger partial charge in [-0.2, -0.15) is 0 Å². The first kappa shape index (κ1) is 28.9. The van der Waals surface area contributed by atoms with E-state index in [9.17, 15) is 9.90 Å². The van der Waals surface area contributed by atoms with Crippen molar-refractivity contribution in [2.24, 2.45) is 5.92 Å². The third-order valence-electron chi connectivity index (χ3n) is 6.91. The molecule has 2 heterocycles. The number of nitrogens with one attached hydrogen (secondary N) is 1. The van der Waals surface area contributed by atoms with E-state index in [-0.39, 0.29) is 6.10 Å². The minimum absolute atomic E-state index is 0.152. The number of rotatable bonds is 7. The van der Waals surface area contributed by atoms with Crippen LogP contribution in [0.3, 0.4) is 0 Å². The van der Waals surface area contributed by atoms with Crippen LogP contribution in [0.1, 0.15) is 69.1 Å². The van der Waals surface area contributed by atoms with Gasteiger partial charge in [0.1, 0.15) is 0 Å². The molecular formula is C30H47N3O2. The van der Waals surface area contributed by atoms with Crippen molar-refractivity contribution in [3.05, 3.63) is 65.2 Å². The molecule has 0 bridgehead atoms. The van der Waals surface area contributed by atoms with Crippen LogP contribution in [0.4, 0.5) is 5.69 Å². The van der Waals surface area contributed by atoms with Crippen molar-refractivity contribution in [1.29, 1.82) is 0 Å². The van der Waals surface area contributed by atoms with Crippen LogP contribution in [0.2, 0.25) is 0 Å². The summed E-state index contributed by atoms with van der Waals surface area (Å²) < 4.78 is 0. The Morgan fingerprint density at radius 2 is 1.77 bits per heavy atom. The Kier molecular flexibility index (Phi) is 12.9. The molecule has 194 valence electrons. The van der Waals surface area contributed by atoms with Crippen LogP contribution in [0.5, 0.6) is 0 Å². The van der Waals surface area contributed by atoms with E-state index >= 15 is 0 Å². The standard InChI is InChI=1S/C14H20N2O.C14H21NO.C2H6/c1-15-10-12-3-2-4-14(9-12)13-5-7-16(11-17)8-6-13;1-3-5-12-9-15(10-14(12)16)13-7-4-6-11(2)8-13;1-2/h2-4,9,11,13,15H,5-8,10H2,1H3;4,6-8,12,14,16H,3,5,9-10H2,1-2H3;1-2H3/t;12-,14?;/m.1./s1. The number of carbonyl (C=O) groups is 1. The summed E-state index contributed by atoms with van der Waals surface area (Å²) in [6.45, 7) is 12.8. The molecule has 0 aromatic heterocycles. The van der Waals surface area contributed by atoms with Crippen LogP contribution < -0.4 is 10.2 Å². The van der Waals surface area contributed by atoms with Gasteiger partial charge in [-0.25, -0.2) is 0 Å². The molecule has 5 heteroatoms. The summed E-state index contributed by atoms with van der Waals surface area (Å²) in [6, 6.07) is 17.3. The number of nitrogens with zero attached hydrogens (tertiary/aromatic N) is 2. The second-order valence-electron chi connectivity index (χ2n) is 9.55. The number of hydrogen-bond donors (Lipinski definition) is 2. The van der Waals surface area contributed by atoms with E-state index < -0.39 is 0 Å². The van der Waals surface area contributed by atoms with Gasteiger partial charge in [0.15, 0.2) is 0 Å². The molecule has 2 fully saturated rings. The average molecular weight is 482 g/mol. The second-order valence-corrected chi connectivity index (χ2v) is 9.55. The topological polar surface area (TPSA) is 55.8 Å². The number of aliphatic hydroxyl groups is 1. The fourth-order valence-electron chi connectivity index (χ4n) is 5.04. The van der Waals surface area contributed by atoms with E-state index in [0.29, 0.717) is 11.8 Å². The van der Waals surface area contributed by atoms with E-state index in [1.165, 1.54) is 22.4 Å². The van der Waals surface area contributed by atoms with Gasteiger partial charge in [-0.1, -0.05) is 63.6 Å². The molecule has 5 nitrogen and oxygen atoms in total. The lowest BCUT2D eigenvalue weighted by atomic mass is 9.89. The second kappa shape index (κ2) is 15.6. The summed E-state index contributed by atoms with van der Waals surface area (Å²) in [7, 11) is 1.97. The van der Waals surface area contributed by atoms with Gasteiger partial charge in [-0.15, -0.1) is 0 Å². The number of anilines is 1. The largest absolute Gasteiger partial charge is 0.391 e. The quantitative estimate of drug-likeness (QED) is 0.523. The maximum atomic E-state index is 10.7. The molecule has 0 spiro atoms. The zero-order valence-corrected chi connectivity index (χ0v) is 22.5. The highest BCUT2D eigenvalue weighted by molar-refractivity contribution is 5.49. The van der Waals surface area contributed by atoms with Crippen molar-refractivity contribution in [2.45, 2.75) is 71.9 Å². The third-order valence-corrected chi connectivity index (χ3v) is 6.91. The maximum absolute atomic E-state index is 10.7. The number of β-amino-alcohol motifs (C(OH)–C–C–N with tert-alkyl or cyclic N) is 1. The molecule has 0 radical (unpaired) electrons. The number of likely N-dealkylation sites (tertiary alicyclic amines) is 1. The van der Waals surface area contributed by atoms with Crippen LogP contribution >= 0.6 is 0 Å². The molecule has 1 unspecified atom stereocenters. The first-order valence-electron chi connectivity index (χ1n) is 13.5. The minimum Gasteiger partial charge on any atom is -0.391 e. The molecule has 1 amide bonds. The van der Waals surface area contributed by atoms with Crippen LogP contribution in [0.25, 0.3) is 0 Å². The number of benzene rings is 2. The summed E-state index contributed by atoms with van der Waals surface area (Å²) in [5.74, 6) is 1.06. The first-order chi connectivity index (χ1) is 17.0. The van der Waals surface area contributed by atoms with Crippen molar-refractivity contribution >= 4 is 12.1 Å². The Balaban J connectivity index is 0.000000231. The van der Waals surface area contributed by atoms with Gasteiger partial charge in [-0.05, 0) is 68.0 Å². The minimum atomic E-state index is -0.152. The number of amides is 1. The SMILES string of the molecule is CC.CCC[C@@H]1CN(c2cccc(C)c2)CC1O.CNCc1cccc(C2CCN(C=O)CC2)c1. The van der Waals surface area contributed by atoms with Crippen molar-refractivity contribution in [3.63, 3.8) is 0 Å². The molecule has 0 saturated carbocycles. The summed E-state index contributed by atoms with van der Waals surface area (Å²) in [5, 5.41) is 13.2. The lowest BCUT2D eigenvalue weighted by molar-refractivity contribution is -0.119. The zero-order chi connectivity index (χ0) is 25.6. The van der Waals surface area contributed by atoms with Crippen LogP contribution in [-0.4, -0.2) is 55.7 Å². The zero-order valence-electron chi connectivity index (χ0n) is 22.5. The van der Waals surface area contributed by atoms with Gasteiger partial charge in [0.25, 0.3) is 0 Å². The van der Waals surface area contributed by atoms with Crippen LogP contribution in [0, 0.1) is 12.8 Å². The number of aryl methyl sites for hydroxylation is 1. The Morgan fingerprint density at radius 3 is 2.40 bits per heavy atom.